The van der Waals surface area contributed by atoms with Crippen LogP contribution in [0.1, 0.15) is 25.0 Å². The summed E-state index contributed by atoms with van der Waals surface area (Å²) in [7, 11) is 0. The number of halogens is 1. The maximum absolute atomic E-state index is 6.25. The summed E-state index contributed by atoms with van der Waals surface area (Å²) in [6, 6.07) is 6.56. The number of nitrogens with zero attached hydrogens (tertiary/aromatic N) is 4. The first-order valence-electron chi connectivity index (χ1n) is 6.93. The Bertz CT molecular complexity index is 584. The molecule has 0 unspecified atom stereocenters. The van der Waals surface area contributed by atoms with Gasteiger partial charge in [-0.05, 0) is 34.5 Å². The van der Waals surface area contributed by atoms with Gasteiger partial charge < -0.3 is 5.32 Å². The van der Waals surface area contributed by atoms with Crippen molar-refractivity contribution in [2.24, 2.45) is 0 Å². The van der Waals surface area contributed by atoms with Crippen LogP contribution in [0.25, 0.3) is 0 Å². The number of benzene rings is 1. The maximum Gasteiger partial charge on any atom is 0.209 e. The Kier molecular flexibility index (Phi) is 6.02. The third-order valence-electron chi connectivity index (χ3n) is 2.94. The van der Waals surface area contributed by atoms with E-state index in [0.29, 0.717) is 6.04 Å². The SMILES string of the molecule is Cc1ccc(CSc2nnnn2CCNC(C)C)c(Cl)c1. The van der Waals surface area contributed by atoms with Crippen molar-refractivity contribution in [3.63, 3.8) is 0 Å². The van der Waals surface area contributed by atoms with Gasteiger partial charge in [0.05, 0.1) is 6.54 Å². The van der Waals surface area contributed by atoms with E-state index in [9.17, 15) is 0 Å². The Hall–Kier alpha value is -1.11. The van der Waals surface area contributed by atoms with Crippen LogP contribution in [0.5, 0.6) is 0 Å². The van der Waals surface area contributed by atoms with Crippen molar-refractivity contribution in [3.8, 4) is 0 Å². The molecule has 2 rings (SSSR count). The molecule has 2 aromatic rings. The van der Waals surface area contributed by atoms with Crippen molar-refractivity contribution >= 4 is 23.4 Å². The molecule has 0 fully saturated rings. The smallest absolute Gasteiger partial charge is 0.209 e. The second-order valence-corrected chi connectivity index (χ2v) is 6.53. The van der Waals surface area contributed by atoms with E-state index in [-0.39, 0.29) is 0 Å². The van der Waals surface area contributed by atoms with E-state index in [4.69, 9.17) is 11.6 Å². The van der Waals surface area contributed by atoms with Crippen molar-refractivity contribution in [2.75, 3.05) is 6.54 Å². The van der Waals surface area contributed by atoms with Gasteiger partial charge in [0.25, 0.3) is 0 Å². The molecule has 0 amide bonds. The standard InChI is InChI=1S/C14H20ClN5S/c1-10(2)16-6-7-20-14(17-18-19-20)21-9-12-5-4-11(3)8-13(12)15/h4-5,8,10,16H,6-7,9H2,1-3H3. The number of nitrogens with one attached hydrogen (secondary N) is 1. The van der Waals surface area contributed by atoms with Crippen molar-refractivity contribution in [3.05, 3.63) is 34.3 Å². The predicted octanol–water partition coefficient (Wildman–Crippen LogP) is 2.93. The summed E-state index contributed by atoms with van der Waals surface area (Å²) >= 11 is 7.85. The van der Waals surface area contributed by atoms with Crippen LogP contribution in [0.4, 0.5) is 0 Å². The van der Waals surface area contributed by atoms with Crippen LogP contribution in [0.3, 0.4) is 0 Å². The van der Waals surface area contributed by atoms with E-state index in [2.05, 4.69) is 46.8 Å². The van der Waals surface area contributed by atoms with Gasteiger partial charge in [0.2, 0.25) is 5.16 Å². The molecule has 0 radical (unpaired) electrons. The molecule has 1 N–H and O–H groups in total. The number of aromatic nitrogens is 4. The first-order chi connectivity index (χ1) is 10.1. The fraction of sp³-hybridized carbons (Fsp3) is 0.500. The van der Waals surface area contributed by atoms with Crippen LogP contribution < -0.4 is 5.32 Å². The second-order valence-electron chi connectivity index (χ2n) is 5.18. The van der Waals surface area contributed by atoms with Crippen molar-refractivity contribution in [1.82, 2.24) is 25.5 Å². The maximum atomic E-state index is 6.25. The molecule has 0 bridgehead atoms. The van der Waals surface area contributed by atoms with Crippen LogP contribution in [-0.4, -0.2) is 32.8 Å². The fourth-order valence-corrected chi connectivity index (χ4v) is 3.10. The molecule has 1 aromatic carbocycles. The predicted molar refractivity (Wildman–Crippen MR) is 86.7 cm³/mol. The van der Waals surface area contributed by atoms with E-state index in [1.54, 1.807) is 11.8 Å². The number of hydrogen-bond donors (Lipinski definition) is 1. The summed E-state index contributed by atoms with van der Waals surface area (Å²) in [6.07, 6.45) is 0. The summed E-state index contributed by atoms with van der Waals surface area (Å²) in [4.78, 5) is 0. The molecule has 0 aliphatic heterocycles. The number of aryl methyl sites for hydroxylation is 1. The molecule has 5 nitrogen and oxygen atoms in total. The molecule has 0 spiro atoms. The largest absolute Gasteiger partial charge is 0.313 e. The average molecular weight is 326 g/mol. The van der Waals surface area contributed by atoms with Crippen LogP contribution in [0.2, 0.25) is 5.02 Å². The van der Waals surface area contributed by atoms with Crippen molar-refractivity contribution < 1.29 is 0 Å². The zero-order valence-corrected chi connectivity index (χ0v) is 14.1. The van der Waals surface area contributed by atoms with Gasteiger partial charge in [0.1, 0.15) is 0 Å². The molecule has 0 aliphatic rings. The summed E-state index contributed by atoms with van der Waals surface area (Å²) < 4.78 is 1.82. The molecule has 21 heavy (non-hydrogen) atoms. The number of tetrazole rings is 1. The summed E-state index contributed by atoms with van der Waals surface area (Å²) in [5.41, 5.74) is 2.26. The molecule has 0 atom stereocenters. The van der Waals surface area contributed by atoms with Crippen LogP contribution in [0, 0.1) is 6.92 Å². The highest BCUT2D eigenvalue weighted by Gasteiger charge is 2.09. The van der Waals surface area contributed by atoms with E-state index in [1.165, 1.54) is 5.56 Å². The van der Waals surface area contributed by atoms with E-state index >= 15 is 0 Å². The van der Waals surface area contributed by atoms with Gasteiger partial charge in [-0.1, -0.05) is 49.3 Å². The molecule has 0 saturated heterocycles. The lowest BCUT2D eigenvalue weighted by atomic mass is 10.2. The minimum absolute atomic E-state index is 0.462. The van der Waals surface area contributed by atoms with Crippen LogP contribution in [-0.2, 0) is 12.3 Å². The van der Waals surface area contributed by atoms with Gasteiger partial charge in [-0.15, -0.1) is 5.10 Å². The first kappa shape index (κ1) is 16.3. The zero-order chi connectivity index (χ0) is 15.2. The summed E-state index contributed by atoms with van der Waals surface area (Å²) in [5, 5.41) is 16.8. The highest BCUT2D eigenvalue weighted by atomic mass is 35.5. The molecule has 0 saturated carbocycles. The molecular formula is C14H20ClN5S. The second kappa shape index (κ2) is 7.77. The number of rotatable bonds is 7. The van der Waals surface area contributed by atoms with E-state index in [0.717, 1.165) is 34.6 Å². The Morgan fingerprint density at radius 2 is 2.19 bits per heavy atom. The molecular weight excluding hydrogens is 306 g/mol. The van der Waals surface area contributed by atoms with Crippen molar-refractivity contribution in [1.29, 1.82) is 0 Å². The zero-order valence-electron chi connectivity index (χ0n) is 12.5. The minimum Gasteiger partial charge on any atom is -0.313 e. The molecule has 114 valence electrons. The van der Waals surface area contributed by atoms with Crippen LogP contribution in [0.15, 0.2) is 23.4 Å². The topological polar surface area (TPSA) is 55.6 Å². The Morgan fingerprint density at radius 3 is 2.90 bits per heavy atom. The Labute approximate surface area is 134 Å². The average Bonchev–Trinajstić information content (AvgIpc) is 2.85. The third kappa shape index (κ3) is 4.98. The molecule has 1 aromatic heterocycles. The highest BCUT2D eigenvalue weighted by Crippen LogP contribution is 2.25. The van der Waals surface area contributed by atoms with E-state index < -0.39 is 0 Å². The van der Waals surface area contributed by atoms with E-state index in [1.807, 2.05) is 17.7 Å². The van der Waals surface area contributed by atoms with Gasteiger partial charge in [-0.25, -0.2) is 4.68 Å². The lowest BCUT2D eigenvalue weighted by Gasteiger charge is -2.09. The minimum atomic E-state index is 0.462. The first-order valence-corrected chi connectivity index (χ1v) is 8.30. The summed E-state index contributed by atoms with van der Waals surface area (Å²) in [6.45, 7) is 7.88. The molecule has 1 heterocycles. The number of hydrogen-bond acceptors (Lipinski definition) is 5. The van der Waals surface area contributed by atoms with Gasteiger partial charge >= 0.3 is 0 Å². The number of thioether (sulfide) groups is 1. The lowest BCUT2D eigenvalue weighted by Crippen LogP contribution is -2.27. The highest BCUT2D eigenvalue weighted by molar-refractivity contribution is 7.98. The van der Waals surface area contributed by atoms with Gasteiger partial charge in [0.15, 0.2) is 0 Å². The van der Waals surface area contributed by atoms with Gasteiger partial charge in [0, 0.05) is 23.4 Å². The lowest BCUT2D eigenvalue weighted by molar-refractivity contribution is 0.485. The monoisotopic (exact) mass is 325 g/mol. The van der Waals surface area contributed by atoms with Gasteiger partial charge in [-0.2, -0.15) is 0 Å². The summed E-state index contributed by atoms with van der Waals surface area (Å²) in [5.74, 6) is 0.761. The molecule has 0 aliphatic carbocycles. The van der Waals surface area contributed by atoms with Gasteiger partial charge in [-0.3, -0.25) is 0 Å². The van der Waals surface area contributed by atoms with Crippen molar-refractivity contribution in [2.45, 2.75) is 44.3 Å². The fourth-order valence-electron chi connectivity index (χ4n) is 1.81. The normalized spacial score (nSPS) is 11.3. The quantitative estimate of drug-likeness (QED) is 0.793. The third-order valence-corrected chi connectivity index (χ3v) is 4.30. The van der Waals surface area contributed by atoms with Crippen LogP contribution >= 0.6 is 23.4 Å². The molecule has 7 heteroatoms. The Balaban J connectivity index is 1.92. The Morgan fingerprint density at radius 1 is 1.38 bits per heavy atom.